The molecule has 0 amide bonds. The zero-order valence-electron chi connectivity index (χ0n) is 10.0. The monoisotopic (exact) mass is 203 g/mol. The predicted molar refractivity (Wildman–Crippen MR) is 59.6 cm³/mol. The molecular weight excluding hydrogens is 178 g/mol. The lowest BCUT2D eigenvalue weighted by Gasteiger charge is -2.14. The molecule has 3 heteroatoms. The first kappa shape index (κ1) is 13.9. The summed E-state index contributed by atoms with van der Waals surface area (Å²) in [6.07, 6.45) is 0.272. The highest BCUT2D eigenvalue weighted by atomic mass is 16.5. The third kappa shape index (κ3) is 9.96. The van der Waals surface area contributed by atoms with Gasteiger partial charge in [-0.1, -0.05) is 13.8 Å². The minimum Gasteiger partial charge on any atom is -0.379 e. The second-order valence-electron chi connectivity index (χ2n) is 3.93. The molecule has 86 valence electrons. The molecule has 0 saturated carbocycles. The Morgan fingerprint density at radius 1 is 1.07 bits per heavy atom. The predicted octanol–water partition coefficient (Wildman–Crippen LogP) is 1.67. The van der Waals surface area contributed by atoms with Crippen molar-refractivity contribution in [1.29, 1.82) is 0 Å². The van der Waals surface area contributed by atoms with Crippen molar-refractivity contribution >= 4 is 0 Å². The SMILES string of the molecule is CCOCCOC(C)CNCC(C)C. The number of rotatable bonds is 9. The Bertz CT molecular complexity index is 118. The summed E-state index contributed by atoms with van der Waals surface area (Å²) in [4.78, 5) is 0. The second-order valence-corrected chi connectivity index (χ2v) is 3.93. The zero-order chi connectivity index (χ0) is 10.8. The molecule has 0 rings (SSSR count). The standard InChI is InChI=1S/C11H25NO2/c1-5-13-6-7-14-11(4)9-12-8-10(2)3/h10-12H,5-9H2,1-4H3. The Morgan fingerprint density at radius 2 is 1.79 bits per heavy atom. The number of hydrogen-bond donors (Lipinski definition) is 1. The van der Waals surface area contributed by atoms with E-state index >= 15 is 0 Å². The highest BCUT2D eigenvalue weighted by Gasteiger charge is 2.01. The van der Waals surface area contributed by atoms with Crippen molar-refractivity contribution in [3.05, 3.63) is 0 Å². The van der Waals surface area contributed by atoms with Crippen LogP contribution in [0, 0.1) is 5.92 Å². The zero-order valence-corrected chi connectivity index (χ0v) is 10.0. The van der Waals surface area contributed by atoms with E-state index < -0.39 is 0 Å². The van der Waals surface area contributed by atoms with Crippen molar-refractivity contribution in [3.63, 3.8) is 0 Å². The molecule has 0 aromatic rings. The summed E-state index contributed by atoms with van der Waals surface area (Å²) >= 11 is 0. The summed E-state index contributed by atoms with van der Waals surface area (Å²) in [6.45, 7) is 12.6. The maximum absolute atomic E-state index is 5.54. The van der Waals surface area contributed by atoms with E-state index in [2.05, 4.69) is 26.1 Å². The third-order valence-corrected chi connectivity index (χ3v) is 1.82. The quantitative estimate of drug-likeness (QED) is 0.578. The summed E-state index contributed by atoms with van der Waals surface area (Å²) in [7, 11) is 0. The van der Waals surface area contributed by atoms with Crippen LogP contribution in [0.25, 0.3) is 0 Å². The Labute approximate surface area is 88.2 Å². The van der Waals surface area contributed by atoms with Gasteiger partial charge >= 0.3 is 0 Å². The van der Waals surface area contributed by atoms with Gasteiger partial charge in [-0.2, -0.15) is 0 Å². The van der Waals surface area contributed by atoms with Crippen molar-refractivity contribution in [2.24, 2.45) is 5.92 Å². The van der Waals surface area contributed by atoms with E-state index in [1.807, 2.05) is 6.92 Å². The highest BCUT2D eigenvalue weighted by Crippen LogP contribution is 1.91. The lowest BCUT2D eigenvalue weighted by atomic mass is 10.2. The van der Waals surface area contributed by atoms with Gasteiger partial charge in [0.15, 0.2) is 0 Å². The average molecular weight is 203 g/mol. The molecule has 0 aliphatic carbocycles. The van der Waals surface area contributed by atoms with Gasteiger partial charge in [0.2, 0.25) is 0 Å². The molecule has 3 nitrogen and oxygen atoms in total. The molecule has 1 N–H and O–H groups in total. The number of nitrogens with one attached hydrogen (secondary N) is 1. The number of hydrogen-bond acceptors (Lipinski definition) is 3. The Balaban J connectivity index is 3.15. The molecular formula is C11H25NO2. The summed E-state index contributed by atoms with van der Waals surface area (Å²) in [6, 6.07) is 0. The smallest absolute Gasteiger partial charge is 0.0704 e. The summed E-state index contributed by atoms with van der Waals surface area (Å²) in [5.74, 6) is 0.700. The molecule has 0 aliphatic heterocycles. The van der Waals surface area contributed by atoms with Crippen LogP contribution >= 0.6 is 0 Å². The van der Waals surface area contributed by atoms with Gasteiger partial charge in [0.05, 0.1) is 19.3 Å². The molecule has 0 heterocycles. The van der Waals surface area contributed by atoms with Crippen LogP contribution in [0.4, 0.5) is 0 Å². The minimum absolute atomic E-state index is 0.272. The van der Waals surface area contributed by atoms with Gasteiger partial charge in [-0.3, -0.25) is 0 Å². The van der Waals surface area contributed by atoms with Crippen LogP contribution in [0.5, 0.6) is 0 Å². The molecule has 0 aromatic heterocycles. The van der Waals surface area contributed by atoms with Crippen LogP contribution in [-0.2, 0) is 9.47 Å². The van der Waals surface area contributed by atoms with Crippen LogP contribution in [0.1, 0.15) is 27.7 Å². The van der Waals surface area contributed by atoms with Gasteiger partial charge in [0.25, 0.3) is 0 Å². The fourth-order valence-corrected chi connectivity index (χ4v) is 1.09. The van der Waals surface area contributed by atoms with Crippen molar-refractivity contribution in [1.82, 2.24) is 5.32 Å². The van der Waals surface area contributed by atoms with Crippen LogP contribution in [-0.4, -0.2) is 39.0 Å². The van der Waals surface area contributed by atoms with E-state index in [1.165, 1.54) is 0 Å². The summed E-state index contributed by atoms with van der Waals surface area (Å²) < 4.78 is 10.7. The molecule has 0 aliphatic rings. The summed E-state index contributed by atoms with van der Waals surface area (Å²) in [5.41, 5.74) is 0. The molecule has 1 unspecified atom stereocenters. The summed E-state index contributed by atoms with van der Waals surface area (Å²) in [5, 5.41) is 3.36. The fourth-order valence-electron chi connectivity index (χ4n) is 1.09. The lowest BCUT2D eigenvalue weighted by Crippen LogP contribution is -2.30. The van der Waals surface area contributed by atoms with Crippen molar-refractivity contribution in [2.45, 2.75) is 33.8 Å². The second kappa shape index (κ2) is 9.44. The molecule has 0 fully saturated rings. The molecule has 14 heavy (non-hydrogen) atoms. The topological polar surface area (TPSA) is 30.5 Å². The average Bonchev–Trinajstić information content (AvgIpc) is 2.12. The fraction of sp³-hybridized carbons (Fsp3) is 1.00. The van der Waals surface area contributed by atoms with Gasteiger partial charge < -0.3 is 14.8 Å². The van der Waals surface area contributed by atoms with E-state index in [4.69, 9.17) is 9.47 Å². The molecule has 0 saturated heterocycles. The largest absolute Gasteiger partial charge is 0.379 e. The van der Waals surface area contributed by atoms with Crippen LogP contribution < -0.4 is 5.32 Å². The van der Waals surface area contributed by atoms with Gasteiger partial charge in [-0.05, 0) is 26.3 Å². The first-order valence-corrected chi connectivity index (χ1v) is 5.56. The van der Waals surface area contributed by atoms with Gasteiger partial charge in [-0.15, -0.1) is 0 Å². The molecule has 0 spiro atoms. The Kier molecular flexibility index (Phi) is 9.35. The molecule has 0 aromatic carbocycles. The maximum Gasteiger partial charge on any atom is 0.0704 e. The first-order chi connectivity index (χ1) is 6.66. The van der Waals surface area contributed by atoms with E-state index in [1.54, 1.807) is 0 Å². The normalized spacial score (nSPS) is 13.5. The maximum atomic E-state index is 5.54. The lowest BCUT2D eigenvalue weighted by molar-refractivity contribution is 0.0157. The molecule has 0 bridgehead atoms. The van der Waals surface area contributed by atoms with Crippen molar-refractivity contribution < 1.29 is 9.47 Å². The molecule has 0 radical (unpaired) electrons. The van der Waals surface area contributed by atoms with E-state index in [-0.39, 0.29) is 6.10 Å². The van der Waals surface area contributed by atoms with E-state index in [0.717, 1.165) is 19.7 Å². The third-order valence-electron chi connectivity index (χ3n) is 1.82. The van der Waals surface area contributed by atoms with Gasteiger partial charge in [-0.25, -0.2) is 0 Å². The van der Waals surface area contributed by atoms with Crippen molar-refractivity contribution in [3.8, 4) is 0 Å². The van der Waals surface area contributed by atoms with Crippen LogP contribution in [0.15, 0.2) is 0 Å². The first-order valence-electron chi connectivity index (χ1n) is 5.56. The van der Waals surface area contributed by atoms with Gasteiger partial charge in [0.1, 0.15) is 0 Å². The van der Waals surface area contributed by atoms with Crippen LogP contribution in [0.3, 0.4) is 0 Å². The van der Waals surface area contributed by atoms with E-state index in [9.17, 15) is 0 Å². The minimum atomic E-state index is 0.272. The molecule has 1 atom stereocenters. The van der Waals surface area contributed by atoms with Crippen LogP contribution in [0.2, 0.25) is 0 Å². The highest BCUT2D eigenvalue weighted by molar-refractivity contribution is 4.57. The Hall–Kier alpha value is -0.120. The number of ether oxygens (including phenoxy) is 2. The van der Waals surface area contributed by atoms with E-state index in [0.29, 0.717) is 19.1 Å². The Morgan fingerprint density at radius 3 is 2.36 bits per heavy atom. The van der Waals surface area contributed by atoms with Gasteiger partial charge in [0, 0.05) is 13.2 Å². The van der Waals surface area contributed by atoms with Crippen molar-refractivity contribution in [2.75, 3.05) is 32.9 Å².